The van der Waals surface area contributed by atoms with Gasteiger partial charge in [-0.2, -0.15) is 0 Å². The van der Waals surface area contributed by atoms with Crippen molar-refractivity contribution in [3.05, 3.63) is 28.6 Å². The smallest absolute Gasteiger partial charge is 0.197 e. The van der Waals surface area contributed by atoms with E-state index in [4.69, 9.17) is 4.42 Å². The highest BCUT2D eigenvalue weighted by molar-refractivity contribution is 9.10. The molecule has 0 aromatic carbocycles. The minimum Gasteiger partial charge on any atom is -0.461 e. The van der Waals surface area contributed by atoms with Gasteiger partial charge in [0.05, 0.1) is 16.4 Å². The largest absolute Gasteiger partial charge is 0.461 e. The zero-order chi connectivity index (χ0) is 13.3. The lowest BCUT2D eigenvalue weighted by Gasteiger charge is -2.21. The molecule has 5 heteroatoms. The average Bonchev–Trinajstić information content (AvgIpc) is 2.81. The van der Waals surface area contributed by atoms with Gasteiger partial charge in [-0.15, -0.1) is 0 Å². The second kappa shape index (κ2) is 4.72. The van der Waals surface area contributed by atoms with E-state index in [1.54, 1.807) is 6.26 Å². The number of halogens is 1. The summed E-state index contributed by atoms with van der Waals surface area (Å²) in [4.78, 5) is 9.05. The summed E-state index contributed by atoms with van der Waals surface area (Å²) in [7, 11) is 1.84. The molecule has 0 bridgehead atoms. The first kappa shape index (κ1) is 13.1. The third-order valence-corrected chi connectivity index (χ3v) is 3.29. The van der Waals surface area contributed by atoms with Crippen LogP contribution in [0.4, 0.5) is 5.82 Å². The van der Waals surface area contributed by atoms with Crippen LogP contribution >= 0.6 is 15.9 Å². The molecule has 0 saturated heterocycles. The van der Waals surface area contributed by atoms with Crippen molar-refractivity contribution in [2.45, 2.75) is 26.2 Å². The zero-order valence-electron chi connectivity index (χ0n) is 10.9. The first-order chi connectivity index (χ1) is 8.43. The molecule has 18 heavy (non-hydrogen) atoms. The molecule has 0 saturated carbocycles. The van der Waals surface area contributed by atoms with Crippen LogP contribution in [0.2, 0.25) is 0 Å². The van der Waals surface area contributed by atoms with Gasteiger partial charge in [0.2, 0.25) is 0 Å². The molecular weight excluding hydrogens is 294 g/mol. The predicted octanol–water partition coefficient (Wildman–Crippen LogP) is 3.84. The van der Waals surface area contributed by atoms with Crippen LogP contribution in [0.15, 0.2) is 27.3 Å². The van der Waals surface area contributed by atoms with Gasteiger partial charge in [-0.1, -0.05) is 20.8 Å². The van der Waals surface area contributed by atoms with Gasteiger partial charge in [0.1, 0.15) is 5.82 Å². The lowest BCUT2D eigenvalue weighted by Crippen LogP contribution is -2.17. The number of nitrogens with zero attached hydrogens (tertiary/aromatic N) is 2. The van der Waals surface area contributed by atoms with Crippen molar-refractivity contribution in [3.63, 3.8) is 0 Å². The minimum atomic E-state index is -0.0747. The molecule has 1 N–H and O–H groups in total. The molecule has 0 radical (unpaired) electrons. The normalized spacial score (nSPS) is 11.6. The Labute approximate surface area is 115 Å². The zero-order valence-corrected chi connectivity index (χ0v) is 12.5. The molecule has 2 aromatic heterocycles. The first-order valence-corrected chi connectivity index (χ1v) is 6.52. The molecule has 4 nitrogen and oxygen atoms in total. The Morgan fingerprint density at radius 1 is 1.28 bits per heavy atom. The van der Waals surface area contributed by atoms with Gasteiger partial charge < -0.3 is 9.73 Å². The van der Waals surface area contributed by atoms with Crippen molar-refractivity contribution in [1.82, 2.24) is 9.97 Å². The van der Waals surface area contributed by atoms with Crippen molar-refractivity contribution < 1.29 is 4.42 Å². The Kier molecular flexibility index (Phi) is 3.43. The summed E-state index contributed by atoms with van der Waals surface area (Å²) < 4.78 is 6.25. The third kappa shape index (κ3) is 2.41. The van der Waals surface area contributed by atoms with E-state index in [-0.39, 0.29) is 5.41 Å². The number of aromatic nitrogens is 2. The molecule has 0 unspecified atom stereocenters. The van der Waals surface area contributed by atoms with Crippen LogP contribution in [-0.2, 0) is 5.41 Å². The highest BCUT2D eigenvalue weighted by atomic mass is 79.9. The van der Waals surface area contributed by atoms with E-state index in [1.807, 2.05) is 19.2 Å². The Morgan fingerprint density at radius 2 is 2.00 bits per heavy atom. The van der Waals surface area contributed by atoms with Crippen molar-refractivity contribution in [2.24, 2.45) is 0 Å². The molecule has 0 spiro atoms. The van der Waals surface area contributed by atoms with Crippen LogP contribution in [-0.4, -0.2) is 17.0 Å². The van der Waals surface area contributed by atoms with Crippen molar-refractivity contribution in [3.8, 4) is 11.6 Å². The summed E-state index contributed by atoms with van der Waals surface area (Å²) in [5, 5.41) is 3.07. The molecule has 0 aliphatic carbocycles. The standard InChI is InChI=1S/C13H16BrN3O/c1-13(2,3)10-9(14)12(15-4)17-11(16-10)8-6-5-7-18-8/h5-7H,1-4H3,(H,15,16,17). The topological polar surface area (TPSA) is 51.0 Å². The maximum atomic E-state index is 5.36. The van der Waals surface area contributed by atoms with Crippen LogP contribution < -0.4 is 5.32 Å². The summed E-state index contributed by atoms with van der Waals surface area (Å²) in [6.07, 6.45) is 1.62. The minimum absolute atomic E-state index is 0.0747. The summed E-state index contributed by atoms with van der Waals surface area (Å²) in [5.74, 6) is 2.03. The molecule has 0 amide bonds. The SMILES string of the molecule is CNc1nc(-c2ccco2)nc(C(C)(C)C)c1Br. The molecular formula is C13H16BrN3O. The molecule has 2 heterocycles. The van der Waals surface area contributed by atoms with Crippen LogP contribution in [0.1, 0.15) is 26.5 Å². The maximum Gasteiger partial charge on any atom is 0.197 e. The molecule has 0 fully saturated rings. The number of rotatable bonds is 2. The van der Waals surface area contributed by atoms with E-state index in [9.17, 15) is 0 Å². The number of hydrogen-bond acceptors (Lipinski definition) is 4. The fourth-order valence-corrected chi connectivity index (χ4v) is 2.60. The summed E-state index contributed by atoms with van der Waals surface area (Å²) >= 11 is 3.56. The Hall–Kier alpha value is -1.36. The second-order valence-electron chi connectivity index (χ2n) is 5.04. The third-order valence-electron chi connectivity index (χ3n) is 2.54. The maximum absolute atomic E-state index is 5.36. The molecule has 0 aliphatic rings. The monoisotopic (exact) mass is 309 g/mol. The Balaban J connectivity index is 2.64. The van der Waals surface area contributed by atoms with E-state index in [1.165, 1.54) is 0 Å². The first-order valence-electron chi connectivity index (χ1n) is 5.73. The average molecular weight is 310 g/mol. The van der Waals surface area contributed by atoms with Gasteiger partial charge in [-0.05, 0) is 28.1 Å². The van der Waals surface area contributed by atoms with Gasteiger partial charge in [0, 0.05) is 12.5 Å². The van der Waals surface area contributed by atoms with Crippen LogP contribution in [0, 0.1) is 0 Å². The molecule has 2 rings (SSSR count). The highest BCUT2D eigenvalue weighted by Gasteiger charge is 2.23. The highest BCUT2D eigenvalue weighted by Crippen LogP contribution is 2.34. The Bertz CT molecular complexity index is 544. The summed E-state index contributed by atoms with van der Waals surface area (Å²) in [5.41, 5.74) is 0.877. The molecule has 2 aromatic rings. The molecule has 0 aliphatic heterocycles. The van der Waals surface area contributed by atoms with Gasteiger partial charge in [-0.25, -0.2) is 9.97 Å². The van der Waals surface area contributed by atoms with Crippen LogP contribution in [0.5, 0.6) is 0 Å². The Morgan fingerprint density at radius 3 is 2.50 bits per heavy atom. The summed E-state index contributed by atoms with van der Waals surface area (Å²) in [6, 6.07) is 3.69. The van der Waals surface area contributed by atoms with E-state index >= 15 is 0 Å². The van der Waals surface area contributed by atoms with Gasteiger partial charge in [0.25, 0.3) is 0 Å². The van der Waals surface area contributed by atoms with E-state index in [2.05, 4.69) is 52.0 Å². The lowest BCUT2D eigenvalue weighted by atomic mass is 9.92. The van der Waals surface area contributed by atoms with Crippen molar-refractivity contribution >= 4 is 21.7 Å². The van der Waals surface area contributed by atoms with E-state index in [0.29, 0.717) is 11.6 Å². The summed E-state index contributed by atoms with van der Waals surface area (Å²) in [6.45, 7) is 6.35. The number of nitrogens with one attached hydrogen (secondary N) is 1. The lowest BCUT2D eigenvalue weighted by molar-refractivity contribution is 0.554. The molecule has 0 atom stereocenters. The van der Waals surface area contributed by atoms with Crippen molar-refractivity contribution in [1.29, 1.82) is 0 Å². The quantitative estimate of drug-likeness (QED) is 0.915. The number of anilines is 1. The van der Waals surface area contributed by atoms with Crippen LogP contribution in [0.3, 0.4) is 0 Å². The van der Waals surface area contributed by atoms with Crippen molar-refractivity contribution in [2.75, 3.05) is 12.4 Å². The van der Waals surface area contributed by atoms with Gasteiger partial charge in [0.15, 0.2) is 11.6 Å². The molecule has 96 valence electrons. The number of furan rings is 1. The second-order valence-corrected chi connectivity index (χ2v) is 5.83. The number of hydrogen-bond donors (Lipinski definition) is 1. The van der Waals surface area contributed by atoms with Crippen LogP contribution in [0.25, 0.3) is 11.6 Å². The van der Waals surface area contributed by atoms with E-state index in [0.717, 1.165) is 16.0 Å². The van der Waals surface area contributed by atoms with Gasteiger partial charge >= 0.3 is 0 Å². The fourth-order valence-electron chi connectivity index (χ4n) is 1.63. The van der Waals surface area contributed by atoms with E-state index < -0.39 is 0 Å². The fraction of sp³-hybridized carbons (Fsp3) is 0.385. The van der Waals surface area contributed by atoms with Gasteiger partial charge in [-0.3, -0.25) is 0 Å². The predicted molar refractivity (Wildman–Crippen MR) is 75.7 cm³/mol.